The van der Waals surface area contributed by atoms with E-state index in [0.29, 0.717) is 5.25 Å². The Balaban J connectivity index is 1.63. The lowest BCUT2D eigenvalue weighted by Gasteiger charge is -2.29. The van der Waals surface area contributed by atoms with Crippen LogP contribution in [0.4, 0.5) is 0 Å². The van der Waals surface area contributed by atoms with Crippen molar-refractivity contribution in [3.63, 3.8) is 0 Å². The second-order valence-electron chi connectivity index (χ2n) is 7.38. The van der Waals surface area contributed by atoms with Gasteiger partial charge in [0.05, 0.1) is 0 Å². The average molecular weight is 410 g/mol. The van der Waals surface area contributed by atoms with Crippen LogP contribution >= 0.6 is 11.8 Å². The number of thioether (sulfide) groups is 1. The van der Waals surface area contributed by atoms with Crippen molar-refractivity contribution in [2.24, 2.45) is 0 Å². The Kier molecular flexibility index (Phi) is 7.38. The van der Waals surface area contributed by atoms with Crippen molar-refractivity contribution in [3.05, 3.63) is 144 Å². The van der Waals surface area contributed by atoms with Crippen LogP contribution < -0.4 is 5.32 Å². The van der Waals surface area contributed by atoms with Crippen LogP contribution in [0.15, 0.2) is 121 Å². The van der Waals surface area contributed by atoms with Gasteiger partial charge >= 0.3 is 0 Å². The highest BCUT2D eigenvalue weighted by Crippen LogP contribution is 2.41. The number of rotatable bonds is 9. The molecule has 0 radical (unpaired) electrons. The predicted molar refractivity (Wildman–Crippen MR) is 129 cm³/mol. The summed E-state index contributed by atoms with van der Waals surface area (Å²) in [7, 11) is 0. The summed E-state index contributed by atoms with van der Waals surface area (Å²) >= 11 is 2.00. The summed E-state index contributed by atoms with van der Waals surface area (Å²) in [5.41, 5.74) is 5.34. The largest absolute Gasteiger partial charge is 0.305 e. The molecule has 4 aromatic carbocycles. The molecule has 0 saturated carbocycles. The van der Waals surface area contributed by atoms with Crippen LogP contribution in [0.5, 0.6) is 0 Å². The predicted octanol–water partition coefficient (Wildman–Crippen LogP) is 7.19. The van der Waals surface area contributed by atoms with E-state index in [1.165, 1.54) is 22.3 Å². The molecule has 0 bridgehead atoms. The first-order valence-corrected chi connectivity index (χ1v) is 11.5. The lowest BCUT2D eigenvalue weighted by molar-refractivity contribution is 0.522. The third-order valence-corrected chi connectivity index (χ3v) is 6.63. The molecule has 4 rings (SSSR count). The molecule has 0 aliphatic heterocycles. The van der Waals surface area contributed by atoms with Crippen LogP contribution in [0, 0.1) is 0 Å². The third kappa shape index (κ3) is 5.63. The summed E-state index contributed by atoms with van der Waals surface area (Å²) in [6.07, 6.45) is 0. The van der Waals surface area contributed by atoms with Gasteiger partial charge in [0, 0.05) is 23.6 Å². The molecule has 150 valence electrons. The van der Waals surface area contributed by atoms with Crippen LogP contribution in [-0.4, -0.2) is 0 Å². The quantitative estimate of drug-likeness (QED) is 0.314. The highest BCUT2D eigenvalue weighted by Gasteiger charge is 2.25. The molecule has 2 heteroatoms. The van der Waals surface area contributed by atoms with Gasteiger partial charge in [-0.3, -0.25) is 0 Å². The Labute approximate surface area is 184 Å². The monoisotopic (exact) mass is 409 g/mol. The van der Waals surface area contributed by atoms with Gasteiger partial charge in [0.15, 0.2) is 0 Å². The van der Waals surface area contributed by atoms with Gasteiger partial charge in [0.2, 0.25) is 0 Å². The SMILES string of the molecule is c1ccc(CNC(c2ccccc2)C(SCc2ccccc2)c2ccccc2)cc1. The maximum Gasteiger partial charge on any atom is 0.0495 e. The molecule has 4 aromatic rings. The number of nitrogens with one attached hydrogen (secondary N) is 1. The Morgan fingerprint density at radius 3 is 1.57 bits per heavy atom. The molecule has 0 fully saturated rings. The van der Waals surface area contributed by atoms with Gasteiger partial charge in [-0.05, 0) is 22.3 Å². The van der Waals surface area contributed by atoms with E-state index < -0.39 is 0 Å². The van der Waals surface area contributed by atoms with Crippen LogP contribution in [0.1, 0.15) is 33.5 Å². The summed E-state index contributed by atoms with van der Waals surface area (Å²) in [4.78, 5) is 0. The van der Waals surface area contributed by atoms with E-state index in [2.05, 4.69) is 127 Å². The molecule has 0 heterocycles. The Hall–Kier alpha value is -2.81. The Morgan fingerprint density at radius 2 is 1.00 bits per heavy atom. The molecule has 0 spiro atoms. The second kappa shape index (κ2) is 10.8. The summed E-state index contributed by atoms with van der Waals surface area (Å²) in [6, 6.07) is 43.3. The lowest BCUT2D eigenvalue weighted by Crippen LogP contribution is -2.26. The Morgan fingerprint density at radius 1 is 0.533 bits per heavy atom. The van der Waals surface area contributed by atoms with Crippen molar-refractivity contribution in [2.45, 2.75) is 23.6 Å². The summed E-state index contributed by atoms with van der Waals surface area (Å²) in [5.74, 6) is 0.983. The molecule has 30 heavy (non-hydrogen) atoms. The van der Waals surface area contributed by atoms with Crippen LogP contribution in [0.3, 0.4) is 0 Å². The number of hydrogen-bond donors (Lipinski definition) is 1. The standard InChI is InChI=1S/C28H27NS/c1-5-13-23(14-6-1)21-29-27(25-17-9-3-10-18-25)28(26-19-11-4-12-20-26)30-22-24-15-7-2-8-16-24/h1-20,27-29H,21-22H2. The van der Waals surface area contributed by atoms with Crippen molar-refractivity contribution in [1.82, 2.24) is 5.32 Å². The zero-order chi connectivity index (χ0) is 20.4. The topological polar surface area (TPSA) is 12.0 Å². The van der Waals surface area contributed by atoms with Crippen molar-refractivity contribution >= 4 is 11.8 Å². The maximum atomic E-state index is 3.87. The molecular weight excluding hydrogens is 382 g/mol. The van der Waals surface area contributed by atoms with Crippen LogP contribution in [0.2, 0.25) is 0 Å². The highest BCUT2D eigenvalue weighted by molar-refractivity contribution is 7.98. The van der Waals surface area contributed by atoms with Crippen molar-refractivity contribution in [2.75, 3.05) is 0 Å². The second-order valence-corrected chi connectivity index (χ2v) is 8.51. The number of benzene rings is 4. The molecule has 0 aliphatic carbocycles. The third-order valence-electron chi connectivity index (χ3n) is 5.23. The lowest BCUT2D eigenvalue weighted by atomic mass is 9.98. The molecular formula is C28H27NS. The number of hydrogen-bond acceptors (Lipinski definition) is 2. The van der Waals surface area contributed by atoms with E-state index in [-0.39, 0.29) is 6.04 Å². The molecule has 0 aromatic heterocycles. The molecule has 0 aliphatic rings. The minimum absolute atomic E-state index is 0.211. The van der Waals surface area contributed by atoms with Gasteiger partial charge in [-0.25, -0.2) is 0 Å². The average Bonchev–Trinajstić information content (AvgIpc) is 2.83. The zero-order valence-electron chi connectivity index (χ0n) is 17.0. The fourth-order valence-corrected chi connectivity index (χ4v) is 5.03. The normalized spacial score (nSPS) is 12.9. The van der Waals surface area contributed by atoms with E-state index in [9.17, 15) is 0 Å². The van der Waals surface area contributed by atoms with Gasteiger partial charge in [0.25, 0.3) is 0 Å². The van der Waals surface area contributed by atoms with Gasteiger partial charge in [-0.15, -0.1) is 11.8 Å². The van der Waals surface area contributed by atoms with E-state index in [1.807, 2.05) is 11.8 Å². The van der Waals surface area contributed by atoms with Crippen molar-refractivity contribution in [1.29, 1.82) is 0 Å². The van der Waals surface area contributed by atoms with Gasteiger partial charge in [-0.2, -0.15) is 0 Å². The smallest absolute Gasteiger partial charge is 0.0495 e. The van der Waals surface area contributed by atoms with E-state index in [0.717, 1.165) is 12.3 Å². The van der Waals surface area contributed by atoms with Crippen molar-refractivity contribution < 1.29 is 0 Å². The molecule has 1 N–H and O–H groups in total. The van der Waals surface area contributed by atoms with Gasteiger partial charge in [-0.1, -0.05) is 121 Å². The van der Waals surface area contributed by atoms with Crippen LogP contribution in [0.25, 0.3) is 0 Å². The minimum Gasteiger partial charge on any atom is -0.305 e. The summed E-state index contributed by atoms with van der Waals surface area (Å²) in [6.45, 7) is 0.843. The first kappa shape index (κ1) is 20.5. The minimum atomic E-state index is 0.211. The zero-order valence-corrected chi connectivity index (χ0v) is 17.8. The van der Waals surface area contributed by atoms with E-state index in [4.69, 9.17) is 0 Å². The van der Waals surface area contributed by atoms with E-state index in [1.54, 1.807) is 0 Å². The Bertz CT molecular complexity index is 903. The maximum absolute atomic E-state index is 3.87. The highest BCUT2D eigenvalue weighted by atomic mass is 32.2. The summed E-state index contributed by atoms with van der Waals surface area (Å²) < 4.78 is 0. The van der Waals surface area contributed by atoms with Gasteiger partial charge < -0.3 is 5.32 Å². The molecule has 2 atom stereocenters. The molecule has 0 saturated heterocycles. The molecule has 1 nitrogen and oxygen atoms in total. The first-order valence-electron chi connectivity index (χ1n) is 10.4. The molecule has 2 unspecified atom stereocenters. The molecule has 0 amide bonds. The first-order chi connectivity index (χ1) is 14.9. The van der Waals surface area contributed by atoms with E-state index >= 15 is 0 Å². The van der Waals surface area contributed by atoms with Gasteiger partial charge in [0.1, 0.15) is 0 Å². The summed E-state index contributed by atoms with van der Waals surface area (Å²) in [5, 5.41) is 4.17. The van der Waals surface area contributed by atoms with Crippen molar-refractivity contribution in [3.8, 4) is 0 Å². The fraction of sp³-hybridized carbons (Fsp3) is 0.143. The van der Waals surface area contributed by atoms with Crippen LogP contribution in [-0.2, 0) is 12.3 Å². The fourth-order valence-electron chi connectivity index (χ4n) is 3.67.